The van der Waals surface area contributed by atoms with Crippen molar-refractivity contribution >= 4 is 0 Å². The standard InChI is InChI=1S/C10H23N3O3/c11-5-8(14)2-1-3-13-7-10(16)4-9(15)6-12/h1-2,8-10,13-16H,3-7,11-12H2/b2-1+. The van der Waals surface area contributed by atoms with Crippen molar-refractivity contribution in [3.63, 3.8) is 0 Å². The fourth-order valence-corrected chi connectivity index (χ4v) is 1.13. The molecule has 0 fully saturated rings. The highest BCUT2D eigenvalue weighted by Crippen LogP contribution is 1.95. The Morgan fingerprint density at radius 1 is 1.06 bits per heavy atom. The van der Waals surface area contributed by atoms with Crippen molar-refractivity contribution in [2.45, 2.75) is 24.7 Å². The second kappa shape index (κ2) is 9.71. The van der Waals surface area contributed by atoms with Gasteiger partial charge in [0.1, 0.15) is 0 Å². The smallest absolute Gasteiger partial charge is 0.0843 e. The number of aliphatic hydroxyl groups excluding tert-OH is 3. The van der Waals surface area contributed by atoms with Gasteiger partial charge in [-0.1, -0.05) is 12.2 Å². The van der Waals surface area contributed by atoms with E-state index >= 15 is 0 Å². The molecule has 6 nitrogen and oxygen atoms in total. The molecule has 0 amide bonds. The first kappa shape index (κ1) is 15.5. The molecule has 0 aromatic rings. The van der Waals surface area contributed by atoms with E-state index in [1.54, 1.807) is 12.2 Å². The zero-order valence-corrected chi connectivity index (χ0v) is 9.42. The Morgan fingerprint density at radius 2 is 1.75 bits per heavy atom. The molecular formula is C10H23N3O3. The highest BCUT2D eigenvalue weighted by molar-refractivity contribution is 4.90. The second-order valence-corrected chi connectivity index (χ2v) is 3.67. The molecule has 0 radical (unpaired) electrons. The van der Waals surface area contributed by atoms with Crippen LogP contribution in [0.1, 0.15) is 6.42 Å². The number of nitrogens with two attached hydrogens (primary N) is 2. The molecule has 0 rings (SSSR count). The van der Waals surface area contributed by atoms with Crippen LogP contribution in [0.5, 0.6) is 0 Å². The summed E-state index contributed by atoms with van der Waals surface area (Å²) in [6, 6.07) is 0. The average molecular weight is 233 g/mol. The first-order valence-electron chi connectivity index (χ1n) is 5.41. The summed E-state index contributed by atoms with van der Waals surface area (Å²) < 4.78 is 0. The van der Waals surface area contributed by atoms with Crippen molar-refractivity contribution < 1.29 is 15.3 Å². The normalized spacial score (nSPS) is 17.6. The molecule has 0 aliphatic heterocycles. The molecule has 0 aromatic heterocycles. The highest BCUT2D eigenvalue weighted by atomic mass is 16.3. The summed E-state index contributed by atoms with van der Waals surface area (Å²) in [5.41, 5.74) is 10.4. The molecule has 3 atom stereocenters. The molecule has 0 aromatic carbocycles. The summed E-state index contributed by atoms with van der Waals surface area (Å²) in [7, 11) is 0. The van der Waals surface area contributed by atoms with Crippen molar-refractivity contribution in [1.82, 2.24) is 5.32 Å². The van der Waals surface area contributed by atoms with Crippen LogP contribution in [0.3, 0.4) is 0 Å². The fourth-order valence-electron chi connectivity index (χ4n) is 1.13. The van der Waals surface area contributed by atoms with Crippen molar-refractivity contribution in [3.8, 4) is 0 Å². The SMILES string of the molecule is NCC(O)/C=C/CNCC(O)CC(O)CN. The van der Waals surface area contributed by atoms with Gasteiger partial charge in [-0.2, -0.15) is 0 Å². The van der Waals surface area contributed by atoms with Crippen molar-refractivity contribution in [2.24, 2.45) is 11.5 Å². The van der Waals surface area contributed by atoms with Crippen LogP contribution in [0.4, 0.5) is 0 Å². The van der Waals surface area contributed by atoms with Gasteiger partial charge in [0.2, 0.25) is 0 Å². The minimum absolute atomic E-state index is 0.152. The lowest BCUT2D eigenvalue weighted by Gasteiger charge is -2.14. The molecule has 0 aliphatic carbocycles. The summed E-state index contributed by atoms with van der Waals surface area (Å²) in [5, 5.41) is 30.6. The predicted octanol–water partition coefficient (Wildman–Crippen LogP) is -2.48. The second-order valence-electron chi connectivity index (χ2n) is 3.67. The van der Waals surface area contributed by atoms with Gasteiger partial charge in [-0.3, -0.25) is 0 Å². The predicted molar refractivity (Wildman–Crippen MR) is 62.8 cm³/mol. The van der Waals surface area contributed by atoms with Crippen LogP contribution in [0.15, 0.2) is 12.2 Å². The minimum Gasteiger partial charge on any atom is -0.392 e. The molecule has 0 heterocycles. The summed E-state index contributed by atoms with van der Waals surface area (Å²) in [6.07, 6.45) is 1.69. The van der Waals surface area contributed by atoms with Crippen LogP contribution in [0, 0.1) is 0 Å². The Morgan fingerprint density at radius 3 is 2.31 bits per heavy atom. The van der Waals surface area contributed by atoms with E-state index in [9.17, 15) is 5.11 Å². The maximum atomic E-state index is 9.43. The summed E-state index contributed by atoms with van der Waals surface area (Å²) in [6.45, 7) is 1.26. The molecule has 0 saturated heterocycles. The average Bonchev–Trinajstić information content (AvgIpc) is 2.27. The van der Waals surface area contributed by atoms with Gasteiger partial charge in [-0.25, -0.2) is 0 Å². The number of nitrogens with one attached hydrogen (secondary N) is 1. The first-order valence-corrected chi connectivity index (χ1v) is 5.41. The lowest BCUT2D eigenvalue weighted by atomic mass is 10.1. The number of aliphatic hydroxyl groups is 3. The monoisotopic (exact) mass is 233 g/mol. The first-order chi connectivity index (χ1) is 7.60. The van der Waals surface area contributed by atoms with Crippen LogP contribution >= 0.6 is 0 Å². The van der Waals surface area contributed by atoms with Crippen LogP contribution < -0.4 is 16.8 Å². The van der Waals surface area contributed by atoms with E-state index in [1.165, 1.54) is 0 Å². The van der Waals surface area contributed by atoms with E-state index in [0.29, 0.717) is 13.1 Å². The van der Waals surface area contributed by atoms with E-state index in [0.717, 1.165) is 0 Å². The zero-order chi connectivity index (χ0) is 12.4. The molecule has 0 spiro atoms. The number of hydrogen-bond donors (Lipinski definition) is 6. The third kappa shape index (κ3) is 8.78. The van der Waals surface area contributed by atoms with Gasteiger partial charge in [0.25, 0.3) is 0 Å². The Bertz CT molecular complexity index is 190. The Balaban J connectivity index is 3.47. The highest BCUT2D eigenvalue weighted by Gasteiger charge is 2.09. The lowest BCUT2D eigenvalue weighted by Crippen LogP contribution is -2.32. The largest absolute Gasteiger partial charge is 0.392 e. The number of rotatable bonds is 9. The van der Waals surface area contributed by atoms with E-state index in [1.807, 2.05) is 0 Å². The molecule has 16 heavy (non-hydrogen) atoms. The van der Waals surface area contributed by atoms with E-state index in [4.69, 9.17) is 21.7 Å². The van der Waals surface area contributed by atoms with Crippen LogP contribution in [0.25, 0.3) is 0 Å². The topological polar surface area (TPSA) is 125 Å². The Kier molecular flexibility index (Phi) is 9.40. The molecule has 0 saturated carbocycles. The van der Waals surface area contributed by atoms with Gasteiger partial charge in [0.05, 0.1) is 18.3 Å². The van der Waals surface area contributed by atoms with Gasteiger partial charge in [-0.15, -0.1) is 0 Å². The minimum atomic E-state index is -0.661. The molecule has 8 N–H and O–H groups in total. The van der Waals surface area contributed by atoms with Crippen LogP contribution in [-0.4, -0.2) is 59.8 Å². The van der Waals surface area contributed by atoms with Gasteiger partial charge in [0, 0.05) is 32.6 Å². The van der Waals surface area contributed by atoms with Crippen molar-refractivity contribution in [2.75, 3.05) is 26.2 Å². The van der Waals surface area contributed by atoms with Crippen LogP contribution in [-0.2, 0) is 0 Å². The van der Waals surface area contributed by atoms with E-state index in [-0.39, 0.29) is 19.5 Å². The summed E-state index contributed by atoms with van der Waals surface area (Å²) in [4.78, 5) is 0. The molecule has 6 heteroatoms. The molecule has 3 unspecified atom stereocenters. The van der Waals surface area contributed by atoms with E-state index < -0.39 is 18.3 Å². The molecule has 0 aliphatic rings. The van der Waals surface area contributed by atoms with Gasteiger partial charge >= 0.3 is 0 Å². The maximum absolute atomic E-state index is 9.43. The van der Waals surface area contributed by atoms with Gasteiger partial charge in [0.15, 0.2) is 0 Å². The quantitative estimate of drug-likeness (QED) is 0.193. The fraction of sp³-hybridized carbons (Fsp3) is 0.800. The molecule has 0 bridgehead atoms. The molecular weight excluding hydrogens is 210 g/mol. The van der Waals surface area contributed by atoms with Crippen molar-refractivity contribution in [1.29, 1.82) is 0 Å². The Labute approximate surface area is 95.9 Å². The van der Waals surface area contributed by atoms with Gasteiger partial charge in [-0.05, 0) is 0 Å². The maximum Gasteiger partial charge on any atom is 0.0843 e. The third-order valence-electron chi connectivity index (χ3n) is 2.06. The Hall–Kier alpha value is -0.500. The van der Waals surface area contributed by atoms with Crippen LogP contribution in [0.2, 0.25) is 0 Å². The lowest BCUT2D eigenvalue weighted by molar-refractivity contribution is 0.0853. The van der Waals surface area contributed by atoms with Crippen molar-refractivity contribution in [3.05, 3.63) is 12.2 Å². The third-order valence-corrected chi connectivity index (χ3v) is 2.06. The van der Waals surface area contributed by atoms with Gasteiger partial charge < -0.3 is 32.1 Å². The van der Waals surface area contributed by atoms with E-state index in [2.05, 4.69) is 5.32 Å². The zero-order valence-electron chi connectivity index (χ0n) is 9.42. The summed E-state index contributed by atoms with van der Waals surface area (Å²) >= 11 is 0. The summed E-state index contributed by atoms with van der Waals surface area (Å²) in [5.74, 6) is 0. The molecule has 96 valence electrons. The number of hydrogen-bond acceptors (Lipinski definition) is 6.